The van der Waals surface area contributed by atoms with Gasteiger partial charge < -0.3 is 14.8 Å². The molecule has 1 aliphatic rings. The van der Waals surface area contributed by atoms with E-state index in [1.165, 1.54) is 23.5 Å². The van der Waals surface area contributed by atoms with Gasteiger partial charge in [0.05, 0.1) is 30.8 Å². The third kappa shape index (κ3) is 5.94. The molecule has 1 saturated carbocycles. The third-order valence-electron chi connectivity index (χ3n) is 5.46. The van der Waals surface area contributed by atoms with Gasteiger partial charge in [-0.05, 0) is 62.2 Å². The van der Waals surface area contributed by atoms with E-state index in [1.807, 2.05) is 6.92 Å². The number of carbonyl (C=O) groups is 1. The van der Waals surface area contributed by atoms with Gasteiger partial charge in [0, 0.05) is 11.1 Å². The molecule has 2 aromatic carbocycles. The first-order valence-electron chi connectivity index (χ1n) is 10.7. The quantitative estimate of drug-likeness (QED) is 0.561. The highest BCUT2D eigenvalue weighted by Crippen LogP contribution is 2.30. The van der Waals surface area contributed by atoms with Crippen LogP contribution in [0.4, 0.5) is 5.69 Å². The number of methoxy groups -OCH3 is 1. The first kappa shape index (κ1) is 24.4. The lowest BCUT2D eigenvalue weighted by molar-refractivity contribution is -0.116. The van der Waals surface area contributed by atoms with Gasteiger partial charge in [-0.25, -0.2) is 8.42 Å². The highest BCUT2D eigenvalue weighted by molar-refractivity contribution is 7.89. The Hall–Kier alpha value is -2.29. The largest absolute Gasteiger partial charge is 0.495 e. The lowest BCUT2D eigenvalue weighted by Gasteiger charge is -2.33. The summed E-state index contributed by atoms with van der Waals surface area (Å²) >= 11 is 6.05. The molecule has 0 atom stereocenters. The molecule has 0 heterocycles. The standard InChI is InChI=1S/C23H29ClN2O5S/c1-3-31-19-10-12-20(13-11-19)32(28,29)26(18-7-5-4-6-8-18)16-23(27)25-21-15-17(24)9-14-22(21)30-2/h9-15,18H,3-8,16H2,1-2H3,(H,25,27). The van der Waals surface area contributed by atoms with E-state index in [4.69, 9.17) is 21.1 Å². The van der Waals surface area contributed by atoms with Crippen molar-refractivity contribution in [1.82, 2.24) is 4.31 Å². The van der Waals surface area contributed by atoms with Gasteiger partial charge in [0.1, 0.15) is 11.5 Å². The number of nitrogens with zero attached hydrogens (tertiary/aromatic N) is 1. The van der Waals surface area contributed by atoms with Crippen LogP contribution < -0.4 is 14.8 Å². The number of hydrogen-bond acceptors (Lipinski definition) is 5. The van der Waals surface area contributed by atoms with Crippen molar-refractivity contribution in [2.24, 2.45) is 0 Å². The lowest BCUT2D eigenvalue weighted by atomic mass is 9.95. The minimum Gasteiger partial charge on any atom is -0.495 e. The molecule has 0 saturated heterocycles. The average Bonchev–Trinajstić information content (AvgIpc) is 2.79. The number of benzene rings is 2. The molecule has 0 aliphatic heterocycles. The number of nitrogens with one attached hydrogen (secondary N) is 1. The Labute approximate surface area is 194 Å². The number of carbonyl (C=O) groups excluding carboxylic acids is 1. The summed E-state index contributed by atoms with van der Waals surface area (Å²) in [5.41, 5.74) is 0.395. The zero-order chi connectivity index (χ0) is 23.1. The molecule has 174 valence electrons. The van der Waals surface area contributed by atoms with Crippen LogP contribution in [-0.4, -0.2) is 44.9 Å². The average molecular weight is 481 g/mol. The number of halogens is 1. The van der Waals surface area contributed by atoms with E-state index in [0.29, 0.717) is 28.8 Å². The number of sulfonamides is 1. The van der Waals surface area contributed by atoms with Crippen molar-refractivity contribution in [2.45, 2.75) is 50.0 Å². The maximum absolute atomic E-state index is 13.5. The monoisotopic (exact) mass is 480 g/mol. The number of amides is 1. The maximum Gasteiger partial charge on any atom is 0.243 e. The van der Waals surface area contributed by atoms with Crippen molar-refractivity contribution in [2.75, 3.05) is 25.6 Å². The molecule has 0 spiro atoms. The normalized spacial score (nSPS) is 14.9. The van der Waals surface area contributed by atoms with Crippen LogP contribution in [0, 0.1) is 0 Å². The van der Waals surface area contributed by atoms with E-state index in [2.05, 4.69) is 5.32 Å². The van der Waals surface area contributed by atoms with E-state index in [9.17, 15) is 13.2 Å². The summed E-state index contributed by atoms with van der Waals surface area (Å²) in [4.78, 5) is 13.1. The predicted molar refractivity (Wildman–Crippen MR) is 125 cm³/mol. The summed E-state index contributed by atoms with van der Waals surface area (Å²) in [5.74, 6) is 0.591. The van der Waals surface area contributed by atoms with Crippen LogP contribution in [0.5, 0.6) is 11.5 Å². The Morgan fingerprint density at radius 3 is 2.44 bits per heavy atom. The van der Waals surface area contributed by atoms with Crippen LogP contribution in [-0.2, 0) is 14.8 Å². The fourth-order valence-corrected chi connectivity index (χ4v) is 5.71. The first-order valence-corrected chi connectivity index (χ1v) is 12.5. The summed E-state index contributed by atoms with van der Waals surface area (Å²) in [7, 11) is -2.39. The van der Waals surface area contributed by atoms with E-state index >= 15 is 0 Å². The van der Waals surface area contributed by atoms with Crippen LogP contribution in [0.2, 0.25) is 5.02 Å². The van der Waals surface area contributed by atoms with Crippen LogP contribution in [0.3, 0.4) is 0 Å². The molecule has 1 fully saturated rings. The van der Waals surface area contributed by atoms with Crippen LogP contribution in [0.1, 0.15) is 39.0 Å². The van der Waals surface area contributed by atoms with Gasteiger partial charge in [0.15, 0.2) is 0 Å². The molecule has 7 nitrogen and oxygen atoms in total. The minimum atomic E-state index is -3.88. The van der Waals surface area contributed by atoms with Gasteiger partial charge >= 0.3 is 0 Å². The Balaban J connectivity index is 1.85. The van der Waals surface area contributed by atoms with E-state index in [1.54, 1.807) is 30.3 Å². The van der Waals surface area contributed by atoms with Gasteiger partial charge in [-0.1, -0.05) is 30.9 Å². The van der Waals surface area contributed by atoms with Crippen LogP contribution >= 0.6 is 11.6 Å². The van der Waals surface area contributed by atoms with Crippen LogP contribution in [0.15, 0.2) is 47.4 Å². The van der Waals surface area contributed by atoms with Gasteiger partial charge in [-0.15, -0.1) is 0 Å². The molecule has 32 heavy (non-hydrogen) atoms. The Morgan fingerprint density at radius 2 is 1.81 bits per heavy atom. The summed E-state index contributed by atoms with van der Waals surface area (Å²) in [6, 6.07) is 11.0. The molecule has 0 aromatic heterocycles. The predicted octanol–water partition coefficient (Wildman–Crippen LogP) is 4.71. The molecule has 0 unspecified atom stereocenters. The summed E-state index contributed by atoms with van der Waals surface area (Å²) < 4.78 is 39.1. The molecule has 1 N–H and O–H groups in total. The van der Waals surface area contributed by atoms with E-state index < -0.39 is 15.9 Å². The summed E-state index contributed by atoms with van der Waals surface area (Å²) in [6.45, 7) is 2.06. The highest BCUT2D eigenvalue weighted by atomic mass is 35.5. The van der Waals surface area contributed by atoms with Crippen LogP contribution in [0.25, 0.3) is 0 Å². The number of rotatable bonds is 9. The summed E-state index contributed by atoms with van der Waals surface area (Å²) in [5, 5.41) is 3.18. The molecule has 0 radical (unpaired) electrons. The molecular formula is C23H29ClN2O5S. The van der Waals surface area contributed by atoms with Crippen molar-refractivity contribution in [3.05, 3.63) is 47.5 Å². The highest BCUT2D eigenvalue weighted by Gasteiger charge is 2.34. The van der Waals surface area contributed by atoms with Crippen molar-refractivity contribution in [3.63, 3.8) is 0 Å². The molecule has 9 heteroatoms. The molecular weight excluding hydrogens is 452 g/mol. The van der Waals surface area contributed by atoms with Crippen molar-refractivity contribution >= 4 is 33.2 Å². The fourth-order valence-electron chi connectivity index (χ4n) is 3.90. The van der Waals surface area contributed by atoms with Gasteiger partial charge in [-0.3, -0.25) is 4.79 Å². The Kier molecular flexibility index (Phi) is 8.39. The number of ether oxygens (including phenoxy) is 2. The molecule has 1 amide bonds. The van der Waals surface area contributed by atoms with Crippen molar-refractivity contribution in [3.8, 4) is 11.5 Å². The van der Waals surface area contributed by atoms with Crippen molar-refractivity contribution in [1.29, 1.82) is 0 Å². The SMILES string of the molecule is CCOc1ccc(S(=O)(=O)N(CC(=O)Nc2cc(Cl)ccc2OC)C2CCCCC2)cc1. The topological polar surface area (TPSA) is 84.9 Å². The number of hydrogen-bond donors (Lipinski definition) is 1. The van der Waals surface area contributed by atoms with Gasteiger partial charge in [-0.2, -0.15) is 4.31 Å². The van der Waals surface area contributed by atoms with Crippen molar-refractivity contribution < 1.29 is 22.7 Å². The summed E-state index contributed by atoms with van der Waals surface area (Å²) in [6.07, 6.45) is 4.39. The minimum absolute atomic E-state index is 0.139. The maximum atomic E-state index is 13.5. The Morgan fingerprint density at radius 1 is 1.12 bits per heavy atom. The van der Waals surface area contributed by atoms with Gasteiger partial charge in [0.2, 0.25) is 15.9 Å². The zero-order valence-corrected chi connectivity index (χ0v) is 19.9. The number of anilines is 1. The first-order chi connectivity index (χ1) is 15.3. The lowest BCUT2D eigenvalue weighted by Crippen LogP contribution is -2.45. The van der Waals surface area contributed by atoms with Gasteiger partial charge in [0.25, 0.3) is 0 Å². The molecule has 3 rings (SSSR count). The fraction of sp³-hybridized carbons (Fsp3) is 0.435. The molecule has 2 aromatic rings. The molecule has 0 bridgehead atoms. The smallest absolute Gasteiger partial charge is 0.243 e. The van der Waals surface area contributed by atoms with E-state index in [0.717, 1.165) is 32.1 Å². The third-order valence-corrected chi connectivity index (χ3v) is 7.61. The molecule has 1 aliphatic carbocycles. The second-order valence-corrected chi connectivity index (χ2v) is 9.97. The zero-order valence-electron chi connectivity index (χ0n) is 18.3. The Bertz CT molecular complexity index is 1020. The van der Waals surface area contributed by atoms with E-state index in [-0.39, 0.29) is 17.5 Å². The second kappa shape index (κ2) is 11.0. The second-order valence-electron chi connectivity index (χ2n) is 7.64.